The number of fused-ring (bicyclic) bond motifs is 5. The Morgan fingerprint density at radius 2 is 1.53 bits per heavy atom. The molecule has 4 aliphatic carbocycles. The number of esters is 1. The zero-order chi connectivity index (χ0) is 23.3. The quantitative estimate of drug-likeness (QED) is 0.385. The summed E-state index contributed by atoms with van der Waals surface area (Å²) in [6, 6.07) is 0. The summed E-state index contributed by atoms with van der Waals surface area (Å²) >= 11 is 0. The highest BCUT2D eigenvalue weighted by atomic mass is 16.5. The number of ether oxygens (including phenoxy) is 1. The molecule has 4 aliphatic rings. The van der Waals surface area contributed by atoms with Gasteiger partial charge in [0.2, 0.25) is 0 Å². The Bertz CT molecular complexity index is 670. The Morgan fingerprint density at radius 3 is 2.22 bits per heavy atom. The standard InChI is InChI=1S/C30H52O2/c1-19(2)9-8-10-20(3)24-13-14-26-23-11-12-25-21(4)28(32-22(5)31)16-18-30(25,7)27(23)15-17-29(24,26)6/h19-21,23-28H,8-18H2,1-7H3. The molecule has 0 heterocycles. The average molecular weight is 445 g/mol. The molecule has 0 spiro atoms. The molecule has 0 amide bonds. The summed E-state index contributed by atoms with van der Waals surface area (Å²) in [6.07, 6.45) is 15.4. The molecule has 0 aromatic carbocycles. The first-order chi connectivity index (χ1) is 15.1. The molecule has 0 bridgehead atoms. The van der Waals surface area contributed by atoms with Gasteiger partial charge in [-0.2, -0.15) is 0 Å². The van der Waals surface area contributed by atoms with E-state index in [-0.39, 0.29) is 12.1 Å². The molecule has 2 heteroatoms. The van der Waals surface area contributed by atoms with E-state index in [1.165, 1.54) is 64.2 Å². The maximum atomic E-state index is 11.6. The van der Waals surface area contributed by atoms with E-state index in [0.29, 0.717) is 16.7 Å². The van der Waals surface area contributed by atoms with Crippen molar-refractivity contribution in [2.75, 3.05) is 0 Å². The lowest BCUT2D eigenvalue weighted by Gasteiger charge is -2.62. The molecule has 184 valence electrons. The molecule has 0 N–H and O–H groups in total. The Hall–Kier alpha value is -0.530. The van der Waals surface area contributed by atoms with Gasteiger partial charge in [-0.3, -0.25) is 4.79 Å². The molecule has 4 saturated carbocycles. The molecule has 0 aromatic rings. The average Bonchev–Trinajstić information content (AvgIpc) is 3.07. The maximum Gasteiger partial charge on any atom is 0.302 e. The monoisotopic (exact) mass is 444 g/mol. The third kappa shape index (κ3) is 4.19. The summed E-state index contributed by atoms with van der Waals surface area (Å²) in [5.41, 5.74) is 1.05. The third-order valence-electron chi connectivity index (χ3n) is 11.6. The normalized spacial score (nSPS) is 46.8. The zero-order valence-electron chi connectivity index (χ0n) is 22.3. The van der Waals surface area contributed by atoms with Gasteiger partial charge in [-0.15, -0.1) is 0 Å². The molecule has 10 atom stereocenters. The SMILES string of the molecule is CC(=O)OC1CCC2(C)C(CCC3C4CCC(C(C)CCCC(C)C)C4(C)CCC32)C1C. The highest BCUT2D eigenvalue weighted by Crippen LogP contribution is 2.69. The van der Waals surface area contributed by atoms with E-state index >= 15 is 0 Å². The summed E-state index contributed by atoms with van der Waals surface area (Å²) in [4.78, 5) is 11.6. The summed E-state index contributed by atoms with van der Waals surface area (Å²) in [5, 5.41) is 0. The van der Waals surface area contributed by atoms with Crippen LogP contribution in [-0.4, -0.2) is 12.1 Å². The van der Waals surface area contributed by atoms with Crippen LogP contribution in [0.5, 0.6) is 0 Å². The van der Waals surface area contributed by atoms with Gasteiger partial charge in [-0.25, -0.2) is 0 Å². The van der Waals surface area contributed by atoms with Crippen LogP contribution in [0.15, 0.2) is 0 Å². The predicted molar refractivity (Wildman–Crippen MR) is 133 cm³/mol. The van der Waals surface area contributed by atoms with E-state index in [4.69, 9.17) is 4.74 Å². The van der Waals surface area contributed by atoms with Crippen molar-refractivity contribution in [3.05, 3.63) is 0 Å². The number of rotatable bonds is 6. The van der Waals surface area contributed by atoms with Gasteiger partial charge in [-0.05, 0) is 110 Å². The van der Waals surface area contributed by atoms with Gasteiger partial charge in [-0.1, -0.05) is 60.8 Å². The first-order valence-corrected chi connectivity index (χ1v) is 14.2. The molecular formula is C30H52O2. The van der Waals surface area contributed by atoms with Crippen molar-refractivity contribution in [2.45, 2.75) is 125 Å². The van der Waals surface area contributed by atoms with Crippen LogP contribution in [0.3, 0.4) is 0 Å². The summed E-state index contributed by atoms with van der Waals surface area (Å²) in [5.74, 6) is 6.65. The molecule has 4 fully saturated rings. The molecule has 0 radical (unpaired) electrons. The maximum absolute atomic E-state index is 11.6. The summed E-state index contributed by atoms with van der Waals surface area (Å²) in [7, 11) is 0. The third-order valence-corrected chi connectivity index (χ3v) is 11.6. The van der Waals surface area contributed by atoms with E-state index in [9.17, 15) is 4.79 Å². The number of carbonyl (C=O) groups excluding carboxylic acids is 1. The Morgan fingerprint density at radius 1 is 0.875 bits per heavy atom. The van der Waals surface area contributed by atoms with Crippen molar-refractivity contribution in [1.82, 2.24) is 0 Å². The Balaban J connectivity index is 1.46. The minimum absolute atomic E-state index is 0.0907. The van der Waals surface area contributed by atoms with Crippen LogP contribution in [0.1, 0.15) is 119 Å². The van der Waals surface area contributed by atoms with Gasteiger partial charge in [0.15, 0.2) is 0 Å². The van der Waals surface area contributed by atoms with Crippen LogP contribution >= 0.6 is 0 Å². The van der Waals surface area contributed by atoms with Crippen molar-refractivity contribution < 1.29 is 9.53 Å². The highest BCUT2D eigenvalue weighted by molar-refractivity contribution is 5.66. The minimum atomic E-state index is -0.0907. The van der Waals surface area contributed by atoms with Gasteiger partial charge in [0.05, 0.1) is 0 Å². The van der Waals surface area contributed by atoms with E-state index < -0.39 is 0 Å². The second-order valence-electron chi connectivity index (χ2n) is 13.6. The smallest absolute Gasteiger partial charge is 0.302 e. The number of carbonyl (C=O) groups is 1. The van der Waals surface area contributed by atoms with E-state index in [0.717, 1.165) is 47.8 Å². The van der Waals surface area contributed by atoms with Crippen LogP contribution in [0.4, 0.5) is 0 Å². The van der Waals surface area contributed by atoms with Gasteiger partial charge in [0, 0.05) is 6.92 Å². The molecule has 10 unspecified atom stereocenters. The summed E-state index contributed by atoms with van der Waals surface area (Å²) < 4.78 is 5.77. The van der Waals surface area contributed by atoms with Gasteiger partial charge < -0.3 is 4.74 Å². The molecular weight excluding hydrogens is 392 g/mol. The largest absolute Gasteiger partial charge is 0.462 e. The van der Waals surface area contributed by atoms with Crippen molar-refractivity contribution in [2.24, 2.45) is 58.2 Å². The van der Waals surface area contributed by atoms with E-state index in [1.54, 1.807) is 6.92 Å². The van der Waals surface area contributed by atoms with E-state index in [1.807, 2.05) is 0 Å². The Labute approximate surface area is 199 Å². The van der Waals surface area contributed by atoms with Crippen LogP contribution in [0.25, 0.3) is 0 Å². The minimum Gasteiger partial charge on any atom is -0.462 e. The first-order valence-electron chi connectivity index (χ1n) is 14.2. The molecule has 4 rings (SSSR count). The molecule has 0 aliphatic heterocycles. The zero-order valence-corrected chi connectivity index (χ0v) is 22.3. The number of hydrogen-bond donors (Lipinski definition) is 0. The second kappa shape index (κ2) is 9.26. The molecule has 0 saturated heterocycles. The fourth-order valence-corrected chi connectivity index (χ4v) is 10.1. The molecule has 0 aromatic heterocycles. The second-order valence-corrected chi connectivity index (χ2v) is 13.6. The van der Waals surface area contributed by atoms with Crippen LogP contribution in [-0.2, 0) is 9.53 Å². The molecule has 2 nitrogen and oxygen atoms in total. The van der Waals surface area contributed by atoms with Crippen molar-refractivity contribution >= 4 is 5.97 Å². The lowest BCUT2D eigenvalue weighted by atomic mass is 9.43. The van der Waals surface area contributed by atoms with Gasteiger partial charge >= 0.3 is 5.97 Å². The van der Waals surface area contributed by atoms with Crippen LogP contribution in [0, 0.1) is 58.2 Å². The van der Waals surface area contributed by atoms with E-state index in [2.05, 4.69) is 41.5 Å². The highest BCUT2D eigenvalue weighted by Gasteiger charge is 2.61. The van der Waals surface area contributed by atoms with Crippen molar-refractivity contribution in [3.63, 3.8) is 0 Å². The van der Waals surface area contributed by atoms with Crippen molar-refractivity contribution in [3.8, 4) is 0 Å². The van der Waals surface area contributed by atoms with Crippen LogP contribution < -0.4 is 0 Å². The van der Waals surface area contributed by atoms with Crippen molar-refractivity contribution in [1.29, 1.82) is 0 Å². The lowest BCUT2D eigenvalue weighted by Crippen LogP contribution is -2.56. The Kier molecular flexibility index (Phi) is 7.11. The van der Waals surface area contributed by atoms with Gasteiger partial charge in [0.1, 0.15) is 6.10 Å². The van der Waals surface area contributed by atoms with Crippen LogP contribution in [0.2, 0.25) is 0 Å². The topological polar surface area (TPSA) is 26.3 Å². The number of hydrogen-bond acceptors (Lipinski definition) is 2. The van der Waals surface area contributed by atoms with Gasteiger partial charge in [0.25, 0.3) is 0 Å². The lowest BCUT2D eigenvalue weighted by molar-refractivity contribution is -0.173. The predicted octanol–water partition coefficient (Wildman–Crippen LogP) is 8.29. The first kappa shape index (κ1) is 24.6. The summed E-state index contributed by atoms with van der Waals surface area (Å²) in [6.45, 7) is 16.6. The molecule has 32 heavy (non-hydrogen) atoms. The fraction of sp³-hybridized carbons (Fsp3) is 0.967. The fourth-order valence-electron chi connectivity index (χ4n) is 10.1.